The molecule has 2 aromatic rings. The van der Waals surface area contributed by atoms with Gasteiger partial charge in [-0.2, -0.15) is 0 Å². The van der Waals surface area contributed by atoms with Crippen molar-refractivity contribution in [2.75, 3.05) is 18.0 Å². The number of fused-ring (bicyclic) bond motifs is 1. The first-order chi connectivity index (χ1) is 13.5. The molecule has 1 fully saturated rings. The van der Waals surface area contributed by atoms with E-state index >= 15 is 0 Å². The van der Waals surface area contributed by atoms with Crippen LogP contribution in [0.3, 0.4) is 0 Å². The van der Waals surface area contributed by atoms with E-state index in [4.69, 9.17) is 0 Å². The Hall–Kier alpha value is -3.22. The van der Waals surface area contributed by atoms with Crippen LogP contribution in [0, 0.1) is 10.1 Å². The molecular weight excluding hydrogens is 454 g/mol. The minimum Gasteiger partial charge on any atom is -0.480 e. The smallest absolute Gasteiger partial charge is 0.407 e. The van der Waals surface area contributed by atoms with Gasteiger partial charge in [0.15, 0.2) is 5.69 Å². The molecule has 29 heavy (non-hydrogen) atoms. The number of aromatic nitrogens is 2. The second kappa shape index (κ2) is 7.31. The molecule has 0 aliphatic carbocycles. The highest BCUT2D eigenvalue weighted by Gasteiger charge is 2.42. The topological polar surface area (TPSA) is 159 Å². The van der Waals surface area contributed by atoms with Crippen molar-refractivity contribution in [1.29, 1.82) is 0 Å². The largest absolute Gasteiger partial charge is 0.480 e. The molecule has 2 atom stereocenters. The van der Waals surface area contributed by atoms with E-state index in [2.05, 4.69) is 20.9 Å². The maximum atomic E-state index is 12.7. The van der Waals surface area contributed by atoms with E-state index in [9.17, 15) is 34.7 Å². The minimum atomic E-state index is -1.43. The van der Waals surface area contributed by atoms with E-state index in [0.717, 1.165) is 9.47 Å². The Bertz CT molecular complexity index is 1100. The second-order valence-electron chi connectivity index (χ2n) is 6.61. The van der Waals surface area contributed by atoms with E-state index in [1.807, 2.05) is 0 Å². The van der Waals surface area contributed by atoms with E-state index < -0.39 is 46.9 Å². The van der Waals surface area contributed by atoms with Crippen molar-refractivity contribution in [2.24, 2.45) is 7.05 Å². The number of anilines is 1. The molecule has 0 spiro atoms. The standard InChI is InChI=1S/C16H16BrN5O7/c1-7-5-21(9(15(24)25)6-20(7)16(26)27)12-11-8(3-4-10(17)18-11)19(2)14(23)13(12)22(28)29/h3-4,7,9H,5-6H2,1-2H3,(H,24,25)(H,26,27)/t7-,9-/m1/s1. The van der Waals surface area contributed by atoms with E-state index in [-0.39, 0.29) is 23.3 Å². The van der Waals surface area contributed by atoms with Gasteiger partial charge in [-0.1, -0.05) is 0 Å². The highest BCUT2D eigenvalue weighted by atomic mass is 79.9. The minimum absolute atomic E-state index is 0.0652. The number of piperazine rings is 1. The van der Waals surface area contributed by atoms with Gasteiger partial charge in [0.2, 0.25) is 0 Å². The summed E-state index contributed by atoms with van der Waals surface area (Å²) in [5.74, 6) is -1.37. The quantitative estimate of drug-likeness (QED) is 0.382. The number of aliphatic carboxylic acids is 1. The number of pyridine rings is 2. The van der Waals surface area contributed by atoms with Crippen LogP contribution in [-0.4, -0.2) is 66.8 Å². The van der Waals surface area contributed by atoms with Crippen LogP contribution in [0.1, 0.15) is 6.92 Å². The van der Waals surface area contributed by atoms with Crippen LogP contribution in [0.4, 0.5) is 16.2 Å². The monoisotopic (exact) mass is 469 g/mol. The Kier molecular flexibility index (Phi) is 5.17. The molecule has 1 aliphatic heterocycles. The molecule has 0 saturated carbocycles. The summed E-state index contributed by atoms with van der Waals surface area (Å²) < 4.78 is 1.41. The third-order valence-corrected chi connectivity index (χ3v) is 5.34. The zero-order chi connectivity index (χ0) is 21.6. The maximum Gasteiger partial charge on any atom is 0.407 e. The van der Waals surface area contributed by atoms with Gasteiger partial charge >= 0.3 is 23.3 Å². The Balaban J connectivity index is 2.36. The summed E-state index contributed by atoms with van der Waals surface area (Å²) in [6, 6.07) is 0.983. The first-order valence-electron chi connectivity index (χ1n) is 8.37. The Morgan fingerprint density at radius 1 is 1.31 bits per heavy atom. The first-order valence-corrected chi connectivity index (χ1v) is 9.16. The number of rotatable bonds is 3. The molecule has 3 rings (SSSR count). The van der Waals surface area contributed by atoms with Crippen molar-refractivity contribution in [3.05, 3.63) is 37.2 Å². The number of hydrogen-bond donors (Lipinski definition) is 2. The molecule has 1 aliphatic rings. The van der Waals surface area contributed by atoms with Crippen LogP contribution >= 0.6 is 15.9 Å². The molecule has 0 aromatic carbocycles. The summed E-state index contributed by atoms with van der Waals surface area (Å²) in [6.45, 7) is 0.964. The van der Waals surface area contributed by atoms with Crippen LogP contribution in [0.2, 0.25) is 0 Å². The molecule has 1 saturated heterocycles. The van der Waals surface area contributed by atoms with Gasteiger partial charge in [-0.15, -0.1) is 0 Å². The summed E-state index contributed by atoms with van der Waals surface area (Å²) in [6.07, 6.45) is -1.30. The van der Waals surface area contributed by atoms with Crippen LogP contribution in [0.5, 0.6) is 0 Å². The number of aryl methyl sites for hydroxylation is 1. The average Bonchev–Trinajstić information content (AvgIpc) is 2.63. The summed E-state index contributed by atoms with van der Waals surface area (Å²) in [5, 5.41) is 30.8. The van der Waals surface area contributed by atoms with Gasteiger partial charge in [0, 0.05) is 19.6 Å². The lowest BCUT2D eigenvalue weighted by Crippen LogP contribution is -2.61. The van der Waals surface area contributed by atoms with Crippen LogP contribution < -0.4 is 10.5 Å². The average molecular weight is 470 g/mol. The van der Waals surface area contributed by atoms with Gasteiger partial charge in [0.25, 0.3) is 0 Å². The lowest BCUT2D eigenvalue weighted by atomic mass is 10.1. The molecule has 154 valence electrons. The number of hydrogen-bond acceptors (Lipinski definition) is 7. The molecule has 3 heterocycles. The Labute approximate surface area is 171 Å². The number of carboxylic acids is 1. The molecule has 1 amide bonds. The number of nitro groups is 1. The third kappa shape index (κ3) is 3.37. The molecule has 12 nitrogen and oxygen atoms in total. The number of carbonyl (C=O) groups is 2. The van der Waals surface area contributed by atoms with Gasteiger partial charge in [-0.3, -0.25) is 14.9 Å². The Morgan fingerprint density at radius 2 is 1.97 bits per heavy atom. The number of nitrogens with zero attached hydrogens (tertiary/aromatic N) is 5. The Morgan fingerprint density at radius 3 is 2.52 bits per heavy atom. The van der Waals surface area contributed by atoms with E-state index in [1.165, 1.54) is 18.0 Å². The van der Waals surface area contributed by atoms with Crippen molar-refractivity contribution in [2.45, 2.75) is 19.0 Å². The lowest BCUT2D eigenvalue weighted by Gasteiger charge is -2.43. The summed E-state index contributed by atoms with van der Waals surface area (Å²) in [4.78, 5) is 53.4. The SMILES string of the molecule is C[C@@H]1CN(c2c([N+](=O)[O-])c(=O)n(C)c3ccc(Br)nc23)[C@@H](C(=O)O)CN1C(=O)O. The number of amides is 1. The zero-order valence-corrected chi connectivity index (χ0v) is 16.9. The fourth-order valence-corrected chi connectivity index (χ4v) is 3.80. The number of halogens is 1. The predicted molar refractivity (Wildman–Crippen MR) is 104 cm³/mol. The maximum absolute atomic E-state index is 12.7. The van der Waals surface area contributed by atoms with Crippen molar-refractivity contribution < 1.29 is 24.7 Å². The van der Waals surface area contributed by atoms with Crippen molar-refractivity contribution in [3.63, 3.8) is 0 Å². The van der Waals surface area contributed by atoms with Crippen molar-refractivity contribution in [1.82, 2.24) is 14.5 Å². The van der Waals surface area contributed by atoms with Crippen LogP contribution in [0.15, 0.2) is 21.5 Å². The fraction of sp³-hybridized carbons (Fsp3) is 0.375. The number of carboxylic acid groups (broad SMARTS) is 2. The normalized spacial score (nSPS) is 19.4. The first kappa shape index (κ1) is 20.5. The second-order valence-corrected chi connectivity index (χ2v) is 7.42. The van der Waals surface area contributed by atoms with Gasteiger partial charge in [-0.05, 0) is 35.0 Å². The van der Waals surface area contributed by atoms with E-state index in [1.54, 1.807) is 13.0 Å². The highest BCUT2D eigenvalue weighted by molar-refractivity contribution is 9.10. The summed E-state index contributed by atoms with van der Waals surface area (Å²) in [5.41, 5.74) is -1.63. The molecule has 0 radical (unpaired) electrons. The predicted octanol–water partition coefficient (Wildman–Crippen LogP) is 1.25. The van der Waals surface area contributed by atoms with Gasteiger partial charge in [-0.25, -0.2) is 14.6 Å². The van der Waals surface area contributed by atoms with Gasteiger partial charge in [0.1, 0.15) is 16.2 Å². The lowest BCUT2D eigenvalue weighted by molar-refractivity contribution is -0.385. The fourth-order valence-electron chi connectivity index (χ4n) is 3.49. The molecule has 2 aromatic heterocycles. The van der Waals surface area contributed by atoms with Crippen molar-refractivity contribution >= 4 is 50.4 Å². The molecule has 2 N–H and O–H groups in total. The molecular formula is C16H16BrN5O7. The van der Waals surface area contributed by atoms with E-state index in [0.29, 0.717) is 4.60 Å². The van der Waals surface area contributed by atoms with Crippen LogP contribution in [-0.2, 0) is 11.8 Å². The van der Waals surface area contributed by atoms with Crippen LogP contribution in [0.25, 0.3) is 11.0 Å². The summed E-state index contributed by atoms with van der Waals surface area (Å²) >= 11 is 3.19. The van der Waals surface area contributed by atoms with Crippen molar-refractivity contribution in [3.8, 4) is 0 Å². The third-order valence-electron chi connectivity index (χ3n) is 4.90. The zero-order valence-electron chi connectivity index (χ0n) is 15.3. The van der Waals surface area contributed by atoms with Gasteiger partial charge < -0.3 is 24.6 Å². The summed E-state index contributed by atoms with van der Waals surface area (Å²) in [7, 11) is 1.36. The molecule has 0 unspecified atom stereocenters. The molecule has 0 bridgehead atoms. The molecule has 13 heteroatoms. The highest BCUT2D eigenvalue weighted by Crippen LogP contribution is 2.36. The van der Waals surface area contributed by atoms with Gasteiger partial charge in [0.05, 0.1) is 17.0 Å².